The number of halogens is 1. The number of carbonyl (C=O) groups is 1. The molecule has 0 saturated carbocycles. The van der Waals surface area contributed by atoms with Gasteiger partial charge in [-0.1, -0.05) is 29.0 Å². The normalized spacial score (nSPS) is 19.5. The Kier molecular flexibility index (Phi) is 6.34. The summed E-state index contributed by atoms with van der Waals surface area (Å²) in [5, 5.41) is 6.29. The van der Waals surface area contributed by atoms with Gasteiger partial charge in [-0.25, -0.2) is 9.78 Å². The topological polar surface area (TPSA) is 57.7 Å². The average molecular weight is 421 g/mol. The zero-order valence-electron chi connectivity index (χ0n) is 15.7. The first-order valence-corrected chi connectivity index (χ1v) is 11.0. The monoisotopic (exact) mass is 420 g/mol. The minimum atomic E-state index is -0.0451. The molecule has 6 nitrogen and oxygen atoms in total. The van der Waals surface area contributed by atoms with Crippen molar-refractivity contribution in [3.05, 3.63) is 40.9 Å². The van der Waals surface area contributed by atoms with E-state index in [1.165, 1.54) is 0 Å². The summed E-state index contributed by atoms with van der Waals surface area (Å²) in [6, 6.07) is 7.77. The number of hydrogen-bond acceptors (Lipinski definition) is 5. The van der Waals surface area contributed by atoms with Crippen molar-refractivity contribution in [3.8, 4) is 5.19 Å². The van der Waals surface area contributed by atoms with Gasteiger partial charge < -0.3 is 15.0 Å². The molecule has 2 aliphatic rings. The molecule has 4 rings (SSSR count). The van der Waals surface area contributed by atoms with Crippen LogP contribution in [0.1, 0.15) is 25.7 Å². The van der Waals surface area contributed by atoms with Gasteiger partial charge in [-0.05, 0) is 43.9 Å². The van der Waals surface area contributed by atoms with Gasteiger partial charge in [-0.15, -0.1) is 0 Å². The van der Waals surface area contributed by atoms with Crippen molar-refractivity contribution in [2.24, 2.45) is 0 Å². The minimum absolute atomic E-state index is 0.0451. The fourth-order valence-electron chi connectivity index (χ4n) is 3.97. The Morgan fingerprint density at radius 3 is 2.64 bits per heavy atom. The van der Waals surface area contributed by atoms with E-state index in [2.05, 4.69) is 15.2 Å². The molecule has 0 unspecified atom stereocenters. The highest BCUT2D eigenvalue weighted by molar-refractivity contribution is 7.11. The van der Waals surface area contributed by atoms with E-state index in [4.69, 9.17) is 16.3 Å². The number of benzene rings is 1. The first-order chi connectivity index (χ1) is 13.7. The number of anilines is 1. The fourth-order valence-corrected chi connectivity index (χ4v) is 4.71. The Labute approximate surface area is 174 Å². The molecule has 2 aromatic rings. The highest BCUT2D eigenvalue weighted by Crippen LogP contribution is 2.25. The lowest BCUT2D eigenvalue weighted by atomic mass is 9.99. The molecule has 2 fully saturated rings. The molecule has 0 spiro atoms. The number of piperidine rings is 2. The third-order valence-electron chi connectivity index (χ3n) is 5.50. The molecule has 1 aromatic heterocycles. The zero-order valence-corrected chi connectivity index (χ0v) is 17.3. The second-order valence-corrected chi connectivity index (χ2v) is 8.60. The van der Waals surface area contributed by atoms with Gasteiger partial charge in [0.15, 0.2) is 0 Å². The quantitative estimate of drug-likeness (QED) is 0.799. The molecule has 0 atom stereocenters. The maximum absolute atomic E-state index is 12.5. The van der Waals surface area contributed by atoms with Crippen LogP contribution in [-0.4, -0.2) is 59.1 Å². The van der Waals surface area contributed by atoms with Crippen molar-refractivity contribution in [1.82, 2.24) is 14.8 Å². The van der Waals surface area contributed by atoms with E-state index in [0.29, 0.717) is 11.1 Å². The Balaban J connectivity index is 1.20. The van der Waals surface area contributed by atoms with Crippen molar-refractivity contribution in [2.75, 3.05) is 31.5 Å². The van der Waals surface area contributed by atoms with Gasteiger partial charge in [0.05, 0.1) is 0 Å². The van der Waals surface area contributed by atoms with E-state index < -0.39 is 0 Å². The second kappa shape index (κ2) is 9.11. The Morgan fingerprint density at radius 2 is 1.96 bits per heavy atom. The van der Waals surface area contributed by atoms with Gasteiger partial charge >= 0.3 is 6.03 Å². The number of rotatable bonds is 4. The van der Waals surface area contributed by atoms with Crippen molar-refractivity contribution in [2.45, 2.75) is 37.8 Å². The first-order valence-electron chi connectivity index (χ1n) is 9.79. The van der Waals surface area contributed by atoms with Crippen molar-refractivity contribution >= 4 is 34.7 Å². The highest BCUT2D eigenvalue weighted by Gasteiger charge is 2.30. The average Bonchev–Trinajstić information content (AvgIpc) is 3.22. The number of hydrogen-bond donors (Lipinski definition) is 1. The van der Waals surface area contributed by atoms with Crippen LogP contribution in [0.25, 0.3) is 0 Å². The summed E-state index contributed by atoms with van der Waals surface area (Å²) in [6.07, 6.45) is 6.16. The van der Waals surface area contributed by atoms with Gasteiger partial charge in [0.1, 0.15) is 6.10 Å². The molecule has 1 N–H and O–H groups in total. The third kappa shape index (κ3) is 4.96. The van der Waals surface area contributed by atoms with E-state index in [0.717, 1.165) is 62.7 Å². The molecule has 28 heavy (non-hydrogen) atoms. The minimum Gasteiger partial charge on any atom is -0.467 e. The molecule has 2 amide bonds. The summed E-state index contributed by atoms with van der Waals surface area (Å²) in [5.74, 6) is 0. The van der Waals surface area contributed by atoms with Crippen LogP contribution in [0.4, 0.5) is 10.5 Å². The number of ether oxygens (including phenoxy) is 1. The van der Waals surface area contributed by atoms with Gasteiger partial charge in [0.25, 0.3) is 5.19 Å². The molecule has 0 bridgehead atoms. The van der Waals surface area contributed by atoms with E-state index in [9.17, 15) is 4.79 Å². The van der Waals surface area contributed by atoms with Crippen LogP contribution in [0.15, 0.2) is 35.8 Å². The maximum Gasteiger partial charge on any atom is 0.321 e. The molecule has 0 aliphatic carbocycles. The van der Waals surface area contributed by atoms with Gasteiger partial charge in [0, 0.05) is 54.5 Å². The zero-order chi connectivity index (χ0) is 19.3. The van der Waals surface area contributed by atoms with Crippen molar-refractivity contribution in [1.29, 1.82) is 0 Å². The molecule has 0 radical (unpaired) electrons. The van der Waals surface area contributed by atoms with Gasteiger partial charge in [-0.2, -0.15) is 0 Å². The standard InChI is InChI=1S/C20H25ClN4O2S/c21-15-2-1-3-16(14-15)23-19(26)25-9-4-17(5-10-25)24-11-6-18(7-12-24)27-20-22-8-13-28-20/h1-3,8,13-14,17-18H,4-7,9-12H2,(H,23,26). The molecular weight excluding hydrogens is 396 g/mol. The SMILES string of the molecule is O=C(Nc1cccc(Cl)c1)N1CCC(N2CCC(Oc3nccs3)CC2)CC1. The molecular formula is C20H25ClN4O2S. The molecule has 2 saturated heterocycles. The summed E-state index contributed by atoms with van der Waals surface area (Å²) < 4.78 is 5.95. The lowest BCUT2D eigenvalue weighted by molar-refractivity contribution is 0.0544. The number of aromatic nitrogens is 1. The van der Waals surface area contributed by atoms with E-state index in [1.54, 1.807) is 29.7 Å². The smallest absolute Gasteiger partial charge is 0.321 e. The number of nitrogens with zero attached hydrogens (tertiary/aromatic N) is 3. The van der Waals surface area contributed by atoms with Crippen LogP contribution in [0, 0.1) is 0 Å². The number of nitrogens with one attached hydrogen (secondary N) is 1. The van der Waals surface area contributed by atoms with Crippen LogP contribution in [0.2, 0.25) is 5.02 Å². The molecule has 2 aliphatic heterocycles. The Morgan fingerprint density at radius 1 is 1.18 bits per heavy atom. The lowest BCUT2D eigenvalue weighted by Crippen LogP contribution is -2.50. The Bertz CT molecular complexity index is 772. The number of urea groups is 1. The number of carbonyl (C=O) groups excluding carboxylic acids is 1. The molecule has 8 heteroatoms. The fraction of sp³-hybridized carbons (Fsp3) is 0.500. The van der Waals surface area contributed by atoms with Crippen molar-refractivity contribution in [3.63, 3.8) is 0 Å². The van der Waals surface area contributed by atoms with Crippen LogP contribution in [0.5, 0.6) is 5.19 Å². The molecule has 1 aromatic carbocycles. The predicted molar refractivity (Wildman–Crippen MR) is 112 cm³/mol. The lowest BCUT2D eigenvalue weighted by Gasteiger charge is -2.41. The Hall–Kier alpha value is -1.83. The largest absolute Gasteiger partial charge is 0.467 e. The molecule has 150 valence electrons. The predicted octanol–water partition coefficient (Wildman–Crippen LogP) is 4.34. The maximum atomic E-state index is 12.5. The van der Waals surface area contributed by atoms with Crippen LogP contribution in [-0.2, 0) is 0 Å². The summed E-state index contributed by atoms with van der Waals surface area (Å²) in [7, 11) is 0. The van der Waals surface area contributed by atoms with E-state index in [1.807, 2.05) is 22.4 Å². The summed E-state index contributed by atoms with van der Waals surface area (Å²) in [5.41, 5.74) is 0.738. The summed E-state index contributed by atoms with van der Waals surface area (Å²) >= 11 is 7.54. The van der Waals surface area contributed by atoms with Gasteiger partial charge in [0.2, 0.25) is 0 Å². The number of likely N-dealkylation sites (tertiary alicyclic amines) is 2. The van der Waals surface area contributed by atoms with E-state index >= 15 is 0 Å². The van der Waals surface area contributed by atoms with E-state index in [-0.39, 0.29) is 12.1 Å². The van der Waals surface area contributed by atoms with Gasteiger partial charge in [-0.3, -0.25) is 4.90 Å². The number of thiazole rings is 1. The van der Waals surface area contributed by atoms with Crippen LogP contribution < -0.4 is 10.1 Å². The number of amides is 2. The first kappa shape index (κ1) is 19.5. The highest BCUT2D eigenvalue weighted by atomic mass is 35.5. The van der Waals surface area contributed by atoms with Crippen LogP contribution in [0.3, 0.4) is 0 Å². The second-order valence-electron chi connectivity index (χ2n) is 7.31. The third-order valence-corrected chi connectivity index (χ3v) is 6.39. The summed E-state index contributed by atoms with van der Waals surface area (Å²) in [6.45, 7) is 3.67. The van der Waals surface area contributed by atoms with Crippen LogP contribution >= 0.6 is 22.9 Å². The van der Waals surface area contributed by atoms with Crippen molar-refractivity contribution < 1.29 is 9.53 Å². The summed E-state index contributed by atoms with van der Waals surface area (Å²) in [4.78, 5) is 21.2. The molecule has 3 heterocycles.